The van der Waals surface area contributed by atoms with Crippen molar-refractivity contribution in [3.05, 3.63) is 5.89 Å². The van der Waals surface area contributed by atoms with Crippen LogP contribution in [0, 0.1) is 0 Å². The van der Waals surface area contributed by atoms with Crippen molar-refractivity contribution >= 4 is 6.01 Å². The highest BCUT2D eigenvalue weighted by atomic mass is 16.5. The normalized spacial score (nSPS) is 22.0. The summed E-state index contributed by atoms with van der Waals surface area (Å²) in [5.74, 6) is 0.603. The van der Waals surface area contributed by atoms with E-state index in [1.165, 1.54) is 0 Å². The largest absolute Gasteiger partial charge is 0.408 e. The van der Waals surface area contributed by atoms with Crippen LogP contribution in [0.2, 0.25) is 0 Å². The van der Waals surface area contributed by atoms with Gasteiger partial charge in [0.1, 0.15) is 0 Å². The van der Waals surface area contributed by atoms with E-state index in [9.17, 15) is 0 Å². The zero-order valence-electron chi connectivity index (χ0n) is 8.85. The lowest BCUT2D eigenvalue weighted by atomic mass is 10.3. The highest BCUT2D eigenvalue weighted by Crippen LogP contribution is 2.15. The summed E-state index contributed by atoms with van der Waals surface area (Å²) in [7, 11) is 0. The van der Waals surface area contributed by atoms with E-state index in [0.29, 0.717) is 31.5 Å². The van der Waals surface area contributed by atoms with Crippen LogP contribution in [0.15, 0.2) is 4.42 Å². The van der Waals surface area contributed by atoms with Gasteiger partial charge in [0.15, 0.2) is 0 Å². The summed E-state index contributed by atoms with van der Waals surface area (Å²) in [6.45, 7) is 4.86. The Hall–Kier alpha value is -1.14. The molecular formula is C9H16N4O2. The molecule has 15 heavy (non-hydrogen) atoms. The summed E-state index contributed by atoms with van der Waals surface area (Å²) in [5.41, 5.74) is 5.41. The Kier molecular flexibility index (Phi) is 3.17. The van der Waals surface area contributed by atoms with Crippen molar-refractivity contribution in [1.29, 1.82) is 0 Å². The molecule has 0 bridgehead atoms. The van der Waals surface area contributed by atoms with E-state index in [2.05, 4.69) is 10.2 Å². The van der Waals surface area contributed by atoms with Gasteiger partial charge in [0, 0.05) is 26.1 Å². The average Bonchev–Trinajstić information content (AvgIpc) is 2.67. The molecule has 0 saturated carbocycles. The van der Waals surface area contributed by atoms with Crippen LogP contribution in [0.25, 0.3) is 0 Å². The lowest BCUT2D eigenvalue weighted by Crippen LogP contribution is -2.41. The SMILES string of the molecule is CC1CN(c2nnc(CCN)o2)CCO1. The molecule has 2 N–H and O–H groups in total. The van der Waals surface area contributed by atoms with Crippen molar-refractivity contribution in [2.24, 2.45) is 5.73 Å². The van der Waals surface area contributed by atoms with Crippen LogP contribution in [0.4, 0.5) is 6.01 Å². The Morgan fingerprint density at radius 3 is 3.13 bits per heavy atom. The predicted octanol–water partition coefficient (Wildman–Crippen LogP) is -0.204. The lowest BCUT2D eigenvalue weighted by molar-refractivity contribution is 0.0513. The van der Waals surface area contributed by atoms with Gasteiger partial charge in [0.05, 0.1) is 12.7 Å². The Balaban J connectivity index is 2.01. The number of morpholine rings is 1. The summed E-state index contributed by atoms with van der Waals surface area (Å²) in [6.07, 6.45) is 0.844. The first-order chi connectivity index (χ1) is 7.29. The fourth-order valence-electron chi connectivity index (χ4n) is 1.59. The minimum Gasteiger partial charge on any atom is -0.408 e. The quantitative estimate of drug-likeness (QED) is 0.747. The second-order valence-electron chi connectivity index (χ2n) is 3.64. The molecule has 6 nitrogen and oxygen atoms in total. The van der Waals surface area contributed by atoms with Crippen molar-refractivity contribution in [2.75, 3.05) is 31.1 Å². The molecule has 1 aromatic heterocycles. The molecule has 1 fully saturated rings. The van der Waals surface area contributed by atoms with Gasteiger partial charge in [-0.15, -0.1) is 5.10 Å². The number of aromatic nitrogens is 2. The van der Waals surface area contributed by atoms with Gasteiger partial charge in [-0.3, -0.25) is 0 Å². The third-order valence-corrected chi connectivity index (χ3v) is 2.33. The first kappa shape index (κ1) is 10.4. The number of rotatable bonds is 3. The summed E-state index contributed by atoms with van der Waals surface area (Å²) in [5, 5.41) is 7.92. The van der Waals surface area contributed by atoms with Crippen LogP contribution in [-0.4, -0.2) is 42.5 Å². The number of hydrogen-bond donors (Lipinski definition) is 1. The number of nitrogens with zero attached hydrogens (tertiary/aromatic N) is 3. The van der Waals surface area contributed by atoms with Gasteiger partial charge in [0.25, 0.3) is 0 Å². The molecule has 1 aliphatic heterocycles. The highest BCUT2D eigenvalue weighted by Gasteiger charge is 2.21. The molecule has 1 saturated heterocycles. The standard InChI is InChI=1S/C9H16N4O2/c1-7-6-13(4-5-14-7)9-12-11-8(15-9)2-3-10/h7H,2-6,10H2,1H3. The maximum atomic E-state index is 5.48. The van der Waals surface area contributed by atoms with E-state index < -0.39 is 0 Å². The second-order valence-corrected chi connectivity index (χ2v) is 3.64. The Bertz CT molecular complexity index is 315. The summed E-state index contributed by atoms with van der Waals surface area (Å²) < 4.78 is 10.9. The first-order valence-corrected chi connectivity index (χ1v) is 5.18. The Morgan fingerprint density at radius 2 is 2.40 bits per heavy atom. The van der Waals surface area contributed by atoms with Gasteiger partial charge in [-0.25, -0.2) is 0 Å². The molecule has 2 rings (SSSR count). The van der Waals surface area contributed by atoms with Gasteiger partial charge in [0.2, 0.25) is 5.89 Å². The molecular weight excluding hydrogens is 196 g/mol. The van der Waals surface area contributed by atoms with Crippen molar-refractivity contribution in [1.82, 2.24) is 10.2 Å². The van der Waals surface area contributed by atoms with Crippen molar-refractivity contribution < 1.29 is 9.15 Å². The van der Waals surface area contributed by atoms with Crippen molar-refractivity contribution in [2.45, 2.75) is 19.4 Å². The molecule has 0 amide bonds. The number of nitrogens with two attached hydrogens (primary N) is 1. The molecule has 2 heterocycles. The molecule has 0 spiro atoms. The lowest BCUT2D eigenvalue weighted by Gasteiger charge is -2.29. The third kappa shape index (κ3) is 2.45. The van der Waals surface area contributed by atoms with E-state index in [0.717, 1.165) is 13.1 Å². The number of anilines is 1. The van der Waals surface area contributed by atoms with Crippen molar-refractivity contribution in [3.63, 3.8) is 0 Å². The second kappa shape index (κ2) is 4.59. The minimum atomic E-state index is 0.212. The molecule has 84 valence electrons. The molecule has 0 aliphatic carbocycles. The van der Waals surface area contributed by atoms with Crippen LogP contribution >= 0.6 is 0 Å². The summed E-state index contributed by atoms with van der Waals surface area (Å²) in [6, 6.07) is 0.577. The van der Waals surface area contributed by atoms with E-state index in [1.54, 1.807) is 0 Å². The van der Waals surface area contributed by atoms with Gasteiger partial charge in [-0.2, -0.15) is 0 Å². The zero-order chi connectivity index (χ0) is 10.7. The van der Waals surface area contributed by atoms with E-state index >= 15 is 0 Å². The molecule has 1 atom stereocenters. The van der Waals surface area contributed by atoms with Crippen molar-refractivity contribution in [3.8, 4) is 0 Å². The third-order valence-electron chi connectivity index (χ3n) is 2.33. The van der Waals surface area contributed by atoms with Gasteiger partial charge >= 0.3 is 6.01 Å². The van der Waals surface area contributed by atoms with Crippen LogP contribution in [0.1, 0.15) is 12.8 Å². The van der Waals surface area contributed by atoms with E-state index in [1.807, 2.05) is 11.8 Å². The smallest absolute Gasteiger partial charge is 0.318 e. The molecule has 1 aromatic rings. The minimum absolute atomic E-state index is 0.212. The Labute approximate surface area is 88.4 Å². The summed E-state index contributed by atoms with van der Waals surface area (Å²) >= 11 is 0. The fraction of sp³-hybridized carbons (Fsp3) is 0.778. The predicted molar refractivity (Wildman–Crippen MR) is 54.7 cm³/mol. The fourth-order valence-corrected chi connectivity index (χ4v) is 1.59. The highest BCUT2D eigenvalue weighted by molar-refractivity contribution is 5.25. The molecule has 1 unspecified atom stereocenters. The van der Waals surface area contributed by atoms with Crippen LogP contribution in [0.5, 0.6) is 0 Å². The average molecular weight is 212 g/mol. The van der Waals surface area contributed by atoms with E-state index in [-0.39, 0.29) is 6.10 Å². The number of hydrogen-bond acceptors (Lipinski definition) is 6. The van der Waals surface area contributed by atoms with Gasteiger partial charge in [-0.1, -0.05) is 5.10 Å². The molecule has 0 aromatic carbocycles. The molecule has 0 radical (unpaired) electrons. The topological polar surface area (TPSA) is 77.4 Å². The zero-order valence-corrected chi connectivity index (χ0v) is 8.85. The maximum absolute atomic E-state index is 5.48. The summed E-state index contributed by atoms with van der Waals surface area (Å²) in [4.78, 5) is 2.04. The Morgan fingerprint density at radius 1 is 1.53 bits per heavy atom. The first-order valence-electron chi connectivity index (χ1n) is 5.18. The molecule has 6 heteroatoms. The van der Waals surface area contributed by atoms with Gasteiger partial charge in [-0.05, 0) is 6.92 Å². The van der Waals surface area contributed by atoms with E-state index in [4.69, 9.17) is 14.9 Å². The van der Waals surface area contributed by atoms with Crippen LogP contribution in [-0.2, 0) is 11.2 Å². The molecule has 1 aliphatic rings. The van der Waals surface area contributed by atoms with Gasteiger partial charge < -0.3 is 19.8 Å². The maximum Gasteiger partial charge on any atom is 0.318 e. The number of ether oxygens (including phenoxy) is 1. The van der Waals surface area contributed by atoms with Crippen LogP contribution < -0.4 is 10.6 Å². The monoisotopic (exact) mass is 212 g/mol. The van der Waals surface area contributed by atoms with Crippen LogP contribution in [0.3, 0.4) is 0 Å².